The van der Waals surface area contributed by atoms with E-state index in [9.17, 15) is 22.7 Å². The number of methoxy groups -OCH3 is 1. The van der Waals surface area contributed by atoms with Gasteiger partial charge in [0.25, 0.3) is 0 Å². The van der Waals surface area contributed by atoms with E-state index in [0.29, 0.717) is 12.1 Å². The Morgan fingerprint density at radius 2 is 2.00 bits per heavy atom. The Labute approximate surface area is 89.5 Å². The number of alkyl halides is 3. The molecule has 1 unspecified atom stereocenters. The van der Waals surface area contributed by atoms with Gasteiger partial charge in [0.05, 0.1) is 12.2 Å². The SMILES string of the molecule is COCC(O)c1ccc(F)c(C(F)(F)F)c1. The molecule has 0 aliphatic rings. The highest BCUT2D eigenvalue weighted by molar-refractivity contribution is 5.28. The number of aliphatic hydroxyl groups excluding tert-OH is 1. The molecule has 0 bridgehead atoms. The monoisotopic (exact) mass is 238 g/mol. The highest BCUT2D eigenvalue weighted by Gasteiger charge is 2.34. The Hall–Kier alpha value is -1.14. The molecule has 1 rings (SSSR count). The van der Waals surface area contributed by atoms with Crippen LogP contribution in [0.4, 0.5) is 17.6 Å². The molecule has 16 heavy (non-hydrogen) atoms. The minimum atomic E-state index is -4.77. The van der Waals surface area contributed by atoms with Crippen LogP contribution in [0.2, 0.25) is 0 Å². The van der Waals surface area contributed by atoms with Gasteiger partial charge < -0.3 is 9.84 Å². The van der Waals surface area contributed by atoms with Crippen LogP contribution in [-0.4, -0.2) is 18.8 Å². The van der Waals surface area contributed by atoms with Crippen molar-refractivity contribution in [2.24, 2.45) is 0 Å². The van der Waals surface area contributed by atoms with Crippen molar-refractivity contribution in [1.29, 1.82) is 0 Å². The maximum atomic E-state index is 12.9. The molecule has 0 heterocycles. The minimum Gasteiger partial charge on any atom is -0.386 e. The lowest BCUT2D eigenvalue weighted by molar-refractivity contribution is -0.140. The fraction of sp³-hybridized carbons (Fsp3) is 0.400. The first-order chi connectivity index (χ1) is 7.36. The third kappa shape index (κ3) is 2.93. The Morgan fingerprint density at radius 1 is 1.38 bits per heavy atom. The number of rotatable bonds is 3. The average molecular weight is 238 g/mol. The highest BCUT2D eigenvalue weighted by atomic mass is 19.4. The molecule has 1 atom stereocenters. The summed E-state index contributed by atoms with van der Waals surface area (Å²) >= 11 is 0. The minimum absolute atomic E-state index is 0.0319. The van der Waals surface area contributed by atoms with Crippen molar-refractivity contribution in [3.63, 3.8) is 0 Å². The van der Waals surface area contributed by atoms with Crippen molar-refractivity contribution in [2.75, 3.05) is 13.7 Å². The lowest BCUT2D eigenvalue weighted by Gasteiger charge is -2.13. The number of aliphatic hydroxyl groups is 1. The van der Waals surface area contributed by atoms with Gasteiger partial charge in [-0.15, -0.1) is 0 Å². The molecule has 0 fully saturated rings. The highest BCUT2D eigenvalue weighted by Crippen LogP contribution is 2.32. The number of benzene rings is 1. The molecule has 0 saturated heterocycles. The van der Waals surface area contributed by atoms with Gasteiger partial charge in [-0.3, -0.25) is 0 Å². The van der Waals surface area contributed by atoms with E-state index >= 15 is 0 Å². The quantitative estimate of drug-likeness (QED) is 0.820. The summed E-state index contributed by atoms with van der Waals surface area (Å²) < 4.78 is 54.4. The molecule has 1 aromatic carbocycles. The first-order valence-electron chi connectivity index (χ1n) is 4.40. The van der Waals surface area contributed by atoms with E-state index in [2.05, 4.69) is 4.74 Å². The standard InChI is InChI=1S/C10H10F4O2/c1-16-5-9(15)6-2-3-8(11)7(4-6)10(12,13)14/h2-4,9,15H,5H2,1H3. The molecule has 6 heteroatoms. The summed E-state index contributed by atoms with van der Waals surface area (Å²) in [5.41, 5.74) is -1.42. The molecule has 1 aromatic rings. The topological polar surface area (TPSA) is 29.5 Å². The van der Waals surface area contributed by atoms with Gasteiger partial charge >= 0.3 is 6.18 Å². The summed E-state index contributed by atoms with van der Waals surface area (Å²) in [4.78, 5) is 0. The van der Waals surface area contributed by atoms with Crippen molar-refractivity contribution in [3.8, 4) is 0 Å². The zero-order valence-corrected chi connectivity index (χ0v) is 8.38. The van der Waals surface area contributed by atoms with Crippen LogP contribution in [0.1, 0.15) is 17.2 Å². The van der Waals surface area contributed by atoms with Gasteiger partial charge in [-0.25, -0.2) is 4.39 Å². The molecule has 0 radical (unpaired) electrons. The molecule has 0 aliphatic carbocycles. The van der Waals surface area contributed by atoms with Crippen molar-refractivity contribution in [2.45, 2.75) is 12.3 Å². The zero-order chi connectivity index (χ0) is 12.3. The fourth-order valence-electron chi connectivity index (χ4n) is 1.22. The molecule has 2 nitrogen and oxygen atoms in total. The van der Waals surface area contributed by atoms with Gasteiger partial charge in [-0.05, 0) is 17.7 Å². The molecule has 0 aromatic heterocycles. The second-order valence-electron chi connectivity index (χ2n) is 3.21. The second kappa shape index (κ2) is 4.80. The summed E-state index contributed by atoms with van der Waals surface area (Å²) in [5, 5.41) is 9.39. The van der Waals surface area contributed by atoms with Gasteiger partial charge in [0.2, 0.25) is 0 Å². The molecule has 0 aliphatic heterocycles. The van der Waals surface area contributed by atoms with Crippen molar-refractivity contribution in [1.82, 2.24) is 0 Å². The van der Waals surface area contributed by atoms with E-state index in [1.807, 2.05) is 0 Å². The number of hydrogen-bond donors (Lipinski definition) is 1. The third-order valence-electron chi connectivity index (χ3n) is 2.01. The molecule has 90 valence electrons. The molecule has 0 spiro atoms. The Kier molecular flexibility index (Phi) is 3.88. The van der Waals surface area contributed by atoms with Gasteiger partial charge in [0.15, 0.2) is 0 Å². The predicted molar refractivity (Wildman–Crippen MR) is 48.2 cm³/mol. The number of ether oxygens (including phenoxy) is 1. The van der Waals surface area contributed by atoms with Crippen LogP contribution in [0.25, 0.3) is 0 Å². The van der Waals surface area contributed by atoms with Crippen molar-refractivity contribution in [3.05, 3.63) is 35.1 Å². The van der Waals surface area contributed by atoms with E-state index in [4.69, 9.17) is 0 Å². The largest absolute Gasteiger partial charge is 0.419 e. The zero-order valence-electron chi connectivity index (χ0n) is 8.38. The maximum Gasteiger partial charge on any atom is 0.419 e. The lowest BCUT2D eigenvalue weighted by Crippen LogP contribution is -2.11. The maximum absolute atomic E-state index is 12.9. The van der Waals surface area contributed by atoms with Crippen LogP contribution in [0.3, 0.4) is 0 Å². The van der Waals surface area contributed by atoms with Crippen LogP contribution in [0.15, 0.2) is 18.2 Å². The Balaban J connectivity index is 3.07. The van der Waals surface area contributed by atoms with Gasteiger partial charge in [0.1, 0.15) is 11.9 Å². The molecule has 1 N–H and O–H groups in total. The Morgan fingerprint density at radius 3 is 2.50 bits per heavy atom. The molecular formula is C10H10F4O2. The van der Waals surface area contributed by atoms with Gasteiger partial charge in [-0.1, -0.05) is 6.07 Å². The lowest BCUT2D eigenvalue weighted by atomic mass is 10.1. The van der Waals surface area contributed by atoms with Crippen LogP contribution in [0, 0.1) is 5.82 Å². The summed E-state index contributed by atoms with van der Waals surface area (Å²) in [5.74, 6) is -1.36. The predicted octanol–water partition coefficient (Wildman–Crippen LogP) is 2.52. The average Bonchev–Trinajstić information content (AvgIpc) is 2.16. The van der Waals surface area contributed by atoms with Crippen LogP contribution < -0.4 is 0 Å². The summed E-state index contributed by atoms with van der Waals surface area (Å²) in [6.07, 6.45) is -5.97. The summed E-state index contributed by atoms with van der Waals surface area (Å²) in [6.45, 7) is -0.150. The Bertz CT molecular complexity index is 362. The van der Waals surface area contributed by atoms with E-state index in [1.165, 1.54) is 7.11 Å². The van der Waals surface area contributed by atoms with Crippen LogP contribution in [-0.2, 0) is 10.9 Å². The summed E-state index contributed by atoms with van der Waals surface area (Å²) in [6, 6.07) is 2.35. The van der Waals surface area contributed by atoms with E-state index in [0.717, 1.165) is 6.07 Å². The van der Waals surface area contributed by atoms with Gasteiger partial charge in [0, 0.05) is 7.11 Å². The molecule has 0 amide bonds. The second-order valence-corrected chi connectivity index (χ2v) is 3.21. The van der Waals surface area contributed by atoms with E-state index in [-0.39, 0.29) is 12.2 Å². The summed E-state index contributed by atoms with van der Waals surface area (Å²) in [7, 11) is 1.30. The fourth-order valence-corrected chi connectivity index (χ4v) is 1.22. The molecular weight excluding hydrogens is 228 g/mol. The smallest absolute Gasteiger partial charge is 0.386 e. The third-order valence-corrected chi connectivity index (χ3v) is 2.01. The van der Waals surface area contributed by atoms with E-state index in [1.54, 1.807) is 0 Å². The number of hydrogen-bond acceptors (Lipinski definition) is 2. The van der Waals surface area contributed by atoms with Crippen molar-refractivity contribution >= 4 is 0 Å². The van der Waals surface area contributed by atoms with Crippen LogP contribution >= 0.6 is 0 Å². The van der Waals surface area contributed by atoms with E-state index < -0.39 is 23.7 Å². The van der Waals surface area contributed by atoms with Gasteiger partial charge in [-0.2, -0.15) is 13.2 Å². The first kappa shape index (κ1) is 12.9. The number of halogens is 4. The first-order valence-corrected chi connectivity index (χ1v) is 4.40. The van der Waals surface area contributed by atoms with Crippen LogP contribution in [0.5, 0.6) is 0 Å². The normalized spacial score (nSPS) is 13.9. The molecule has 0 saturated carbocycles. The van der Waals surface area contributed by atoms with Crippen molar-refractivity contribution < 1.29 is 27.4 Å².